The van der Waals surface area contributed by atoms with E-state index in [-0.39, 0.29) is 5.96 Å². The fourth-order valence-corrected chi connectivity index (χ4v) is 3.28. The first-order valence-corrected chi connectivity index (χ1v) is 8.65. The van der Waals surface area contributed by atoms with Gasteiger partial charge >= 0.3 is 0 Å². The lowest BCUT2D eigenvalue weighted by Gasteiger charge is -2.16. The van der Waals surface area contributed by atoms with Crippen LogP contribution in [0.4, 0.5) is 0 Å². The van der Waals surface area contributed by atoms with Gasteiger partial charge in [0.05, 0.1) is 12.3 Å². The first-order chi connectivity index (χ1) is 10.7. The topological polar surface area (TPSA) is 81.8 Å². The number of nitriles is 1. The summed E-state index contributed by atoms with van der Waals surface area (Å²) >= 11 is 1.78. The van der Waals surface area contributed by atoms with Gasteiger partial charge < -0.3 is 15.1 Å². The minimum absolute atomic E-state index is 0.258. The molecule has 0 unspecified atom stereocenters. The standard InChI is InChI=1S/C15H23N5OS/c1-19(15(17)18-12-16)8-9-22-11-14-5-4-13(21-14)10-20-6-2-3-7-20/h4-5H,2-3,6-11H2,1H3,(H2,17,18). The molecule has 1 aliphatic heterocycles. The maximum absolute atomic E-state index is 8.44. The number of hydrogen-bond acceptors (Lipinski definition) is 5. The lowest BCUT2D eigenvalue weighted by Crippen LogP contribution is -2.35. The smallest absolute Gasteiger partial charge is 0.209 e. The van der Waals surface area contributed by atoms with E-state index in [0.717, 1.165) is 36.1 Å². The number of likely N-dealkylation sites (tertiary alicyclic amines) is 1. The molecule has 2 N–H and O–H groups in total. The Morgan fingerprint density at radius 1 is 1.45 bits per heavy atom. The normalized spacial score (nSPS) is 15.9. The average Bonchev–Trinajstić information content (AvgIpc) is 3.16. The second kappa shape index (κ2) is 8.71. The molecule has 1 aromatic rings. The van der Waals surface area contributed by atoms with Gasteiger partial charge in [-0.15, -0.1) is 4.99 Å². The maximum Gasteiger partial charge on any atom is 0.209 e. The van der Waals surface area contributed by atoms with Crippen molar-refractivity contribution in [2.24, 2.45) is 10.7 Å². The maximum atomic E-state index is 8.44. The Balaban J connectivity index is 1.66. The quantitative estimate of drug-likeness (QED) is 0.357. The van der Waals surface area contributed by atoms with Gasteiger partial charge in [0.1, 0.15) is 11.5 Å². The van der Waals surface area contributed by atoms with E-state index in [0.29, 0.717) is 0 Å². The number of aliphatic imine (C=N–C) groups is 1. The van der Waals surface area contributed by atoms with Crippen LogP contribution in [0.3, 0.4) is 0 Å². The molecule has 1 fully saturated rings. The Labute approximate surface area is 136 Å². The molecule has 1 aliphatic rings. The highest BCUT2D eigenvalue weighted by Gasteiger charge is 2.13. The number of hydrogen-bond donors (Lipinski definition) is 1. The van der Waals surface area contributed by atoms with Crippen molar-refractivity contribution < 1.29 is 4.42 Å². The molecule has 2 heterocycles. The molecule has 1 saturated heterocycles. The monoisotopic (exact) mass is 321 g/mol. The first kappa shape index (κ1) is 16.7. The second-order valence-electron chi connectivity index (χ2n) is 5.40. The molecule has 0 amide bonds. The highest BCUT2D eigenvalue weighted by atomic mass is 32.2. The van der Waals surface area contributed by atoms with E-state index in [1.807, 2.05) is 7.05 Å². The van der Waals surface area contributed by atoms with Gasteiger partial charge in [-0.05, 0) is 38.1 Å². The molecule has 0 aliphatic carbocycles. The summed E-state index contributed by atoms with van der Waals surface area (Å²) in [6, 6.07) is 4.14. The van der Waals surface area contributed by atoms with Crippen molar-refractivity contribution in [2.75, 3.05) is 32.4 Å². The predicted molar refractivity (Wildman–Crippen MR) is 89.2 cm³/mol. The molecule has 0 spiro atoms. The van der Waals surface area contributed by atoms with E-state index in [2.05, 4.69) is 22.0 Å². The zero-order valence-corrected chi connectivity index (χ0v) is 13.8. The van der Waals surface area contributed by atoms with Crippen molar-refractivity contribution in [3.8, 4) is 6.19 Å². The van der Waals surface area contributed by atoms with Crippen molar-refractivity contribution in [1.29, 1.82) is 5.26 Å². The fourth-order valence-electron chi connectivity index (χ4n) is 2.37. The Kier molecular flexibility index (Phi) is 6.62. The van der Waals surface area contributed by atoms with Gasteiger partial charge in [-0.25, -0.2) is 0 Å². The molecule has 1 aromatic heterocycles. The number of thioether (sulfide) groups is 1. The van der Waals surface area contributed by atoms with Gasteiger partial charge in [0.25, 0.3) is 0 Å². The van der Waals surface area contributed by atoms with Crippen LogP contribution >= 0.6 is 11.8 Å². The summed E-state index contributed by atoms with van der Waals surface area (Å²) in [5.74, 6) is 4.08. The van der Waals surface area contributed by atoms with Crippen LogP contribution in [0.25, 0.3) is 0 Å². The average molecular weight is 321 g/mol. The van der Waals surface area contributed by atoms with Crippen LogP contribution in [-0.2, 0) is 12.3 Å². The van der Waals surface area contributed by atoms with Crippen LogP contribution in [0.1, 0.15) is 24.4 Å². The molecule has 120 valence electrons. The van der Waals surface area contributed by atoms with Crippen LogP contribution in [0.5, 0.6) is 0 Å². The Morgan fingerprint density at radius 2 is 2.18 bits per heavy atom. The van der Waals surface area contributed by atoms with Gasteiger partial charge in [0, 0.05) is 19.3 Å². The largest absolute Gasteiger partial charge is 0.464 e. The Morgan fingerprint density at radius 3 is 2.91 bits per heavy atom. The molecule has 0 bridgehead atoms. The van der Waals surface area contributed by atoms with E-state index < -0.39 is 0 Å². The third-order valence-electron chi connectivity index (χ3n) is 3.67. The molecular formula is C15H23N5OS. The summed E-state index contributed by atoms with van der Waals surface area (Å²) in [7, 11) is 1.83. The van der Waals surface area contributed by atoms with Gasteiger partial charge in [0.2, 0.25) is 12.2 Å². The number of nitrogens with two attached hydrogens (primary N) is 1. The summed E-state index contributed by atoms with van der Waals surface area (Å²) < 4.78 is 5.87. The van der Waals surface area contributed by atoms with Crippen LogP contribution in [0, 0.1) is 11.5 Å². The molecule has 7 heteroatoms. The number of nitrogens with zero attached hydrogens (tertiary/aromatic N) is 4. The first-order valence-electron chi connectivity index (χ1n) is 7.50. The molecular weight excluding hydrogens is 298 g/mol. The van der Waals surface area contributed by atoms with Crippen molar-refractivity contribution in [1.82, 2.24) is 9.80 Å². The zero-order chi connectivity index (χ0) is 15.8. The van der Waals surface area contributed by atoms with Crippen molar-refractivity contribution >= 4 is 17.7 Å². The number of furan rings is 1. The SMILES string of the molecule is CN(CCSCc1ccc(CN2CCCC2)o1)C(N)=NC#N. The molecule has 0 radical (unpaired) electrons. The zero-order valence-electron chi connectivity index (χ0n) is 13.0. The van der Waals surface area contributed by atoms with Crippen LogP contribution < -0.4 is 5.73 Å². The summed E-state index contributed by atoms with van der Waals surface area (Å²) in [6.45, 7) is 4.04. The van der Waals surface area contributed by atoms with Crippen molar-refractivity contribution in [3.05, 3.63) is 23.7 Å². The summed E-state index contributed by atoms with van der Waals surface area (Å²) in [6.07, 6.45) is 4.29. The minimum Gasteiger partial charge on any atom is -0.464 e. The fraction of sp³-hybridized carbons (Fsp3) is 0.600. The lowest BCUT2D eigenvalue weighted by atomic mass is 10.4. The van der Waals surface area contributed by atoms with Crippen LogP contribution in [0.15, 0.2) is 21.5 Å². The van der Waals surface area contributed by atoms with E-state index in [1.54, 1.807) is 22.9 Å². The van der Waals surface area contributed by atoms with E-state index in [4.69, 9.17) is 15.4 Å². The summed E-state index contributed by atoms with van der Waals surface area (Å²) in [5, 5.41) is 8.44. The molecule has 0 saturated carbocycles. The predicted octanol–water partition coefficient (Wildman–Crippen LogP) is 1.84. The van der Waals surface area contributed by atoms with Gasteiger partial charge in [-0.3, -0.25) is 4.90 Å². The second-order valence-corrected chi connectivity index (χ2v) is 6.50. The molecule has 0 aromatic carbocycles. The highest BCUT2D eigenvalue weighted by molar-refractivity contribution is 7.98. The van der Waals surface area contributed by atoms with E-state index in [1.165, 1.54) is 25.9 Å². The van der Waals surface area contributed by atoms with Gasteiger partial charge in [-0.1, -0.05) is 0 Å². The lowest BCUT2D eigenvalue weighted by molar-refractivity contribution is 0.294. The Bertz CT molecular complexity index is 530. The molecule has 2 rings (SSSR count). The molecule has 22 heavy (non-hydrogen) atoms. The number of rotatable bonds is 7. The molecule has 0 atom stereocenters. The van der Waals surface area contributed by atoms with Crippen molar-refractivity contribution in [2.45, 2.75) is 25.1 Å². The van der Waals surface area contributed by atoms with Crippen LogP contribution in [0.2, 0.25) is 0 Å². The minimum atomic E-state index is 0.258. The Hall–Kier alpha value is -1.65. The van der Waals surface area contributed by atoms with Crippen LogP contribution in [-0.4, -0.2) is 48.2 Å². The van der Waals surface area contributed by atoms with E-state index >= 15 is 0 Å². The third-order valence-corrected chi connectivity index (χ3v) is 4.63. The summed E-state index contributed by atoms with van der Waals surface area (Å²) in [4.78, 5) is 7.71. The highest BCUT2D eigenvalue weighted by Crippen LogP contribution is 2.18. The van der Waals surface area contributed by atoms with Crippen molar-refractivity contribution in [3.63, 3.8) is 0 Å². The third kappa shape index (κ3) is 5.28. The van der Waals surface area contributed by atoms with Gasteiger partial charge in [0.15, 0.2) is 0 Å². The number of guanidine groups is 1. The van der Waals surface area contributed by atoms with Gasteiger partial charge in [-0.2, -0.15) is 17.0 Å². The summed E-state index contributed by atoms with van der Waals surface area (Å²) in [5.41, 5.74) is 5.62. The molecule has 6 nitrogen and oxygen atoms in total. The van der Waals surface area contributed by atoms with E-state index in [9.17, 15) is 0 Å².